The van der Waals surface area contributed by atoms with Crippen LogP contribution in [0.1, 0.15) is 45.4 Å². The van der Waals surface area contributed by atoms with Crippen LogP contribution >= 0.6 is 11.6 Å². The van der Waals surface area contributed by atoms with E-state index in [0.717, 1.165) is 33.8 Å². The van der Waals surface area contributed by atoms with E-state index < -0.39 is 0 Å². The summed E-state index contributed by atoms with van der Waals surface area (Å²) in [6, 6.07) is 14.9. The van der Waals surface area contributed by atoms with Gasteiger partial charge < -0.3 is 5.32 Å². The first-order valence-electron chi connectivity index (χ1n) is 9.56. The molecule has 30 heavy (non-hydrogen) atoms. The summed E-state index contributed by atoms with van der Waals surface area (Å²) >= 11 is 6.19. The van der Waals surface area contributed by atoms with Crippen LogP contribution in [-0.4, -0.2) is 22.2 Å². The van der Waals surface area contributed by atoms with Crippen molar-refractivity contribution in [3.63, 3.8) is 0 Å². The highest BCUT2D eigenvalue weighted by Gasteiger charge is 2.15. The number of hydrogen-bond donors (Lipinski definition) is 1. The Morgan fingerprint density at radius 3 is 2.53 bits per heavy atom. The molecular formula is C24H23ClN4O. The minimum absolute atomic E-state index is 0.109. The summed E-state index contributed by atoms with van der Waals surface area (Å²) in [5.41, 5.74) is 6.94. The van der Waals surface area contributed by atoms with Crippen LogP contribution in [-0.2, 0) is 6.42 Å². The molecule has 1 heterocycles. The molecular weight excluding hydrogens is 396 g/mol. The summed E-state index contributed by atoms with van der Waals surface area (Å²) in [4.78, 5) is 12.2. The molecule has 1 aromatic heterocycles. The number of rotatable bonds is 6. The molecule has 5 nitrogen and oxygen atoms in total. The smallest absolute Gasteiger partial charge is 0.251 e. The molecule has 3 rings (SSSR count). The molecule has 0 aliphatic carbocycles. The molecule has 0 bridgehead atoms. The van der Waals surface area contributed by atoms with Crippen LogP contribution in [0.2, 0.25) is 5.02 Å². The van der Waals surface area contributed by atoms with Gasteiger partial charge in [-0.25, -0.2) is 4.68 Å². The van der Waals surface area contributed by atoms with Gasteiger partial charge in [-0.1, -0.05) is 35.9 Å². The molecule has 0 aliphatic heterocycles. The Labute approximate surface area is 181 Å². The van der Waals surface area contributed by atoms with Crippen LogP contribution in [0.5, 0.6) is 0 Å². The molecule has 1 amide bonds. The summed E-state index contributed by atoms with van der Waals surface area (Å²) in [5.74, 6) is -0.109. The minimum atomic E-state index is -0.109. The topological polar surface area (TPSA) is 70.7 Å². The van der Waals surface area contributed by atoms with Gasteiger partial charge in [0.1, 0.15) is 6.07 Å². The fraction of sp³-hybridized carbons (Fsp3) is 0.208. The van der Waals surface area contributed by atoms with Gasteiger partial charge in [-0.05, 0) is 56.7 Å². The summed E-state index contributed by atoms with van der Waals surface area (Å²) in [7, 11) is 0. The molecule has 6 heteroatoms. The van der Waals surface area contributed by atoms with Gasteiger partial charge in [-0.15, -0.1) is 0 Å². The van der Waals surface area contributed by atoms with E-state index in [2.05, 4.69) is 23.1 Å². The normalized spacial score (nSPS) is 10.5. The predicted molar refractivity (Wildman–Crippen MR) is 119 cm³/mol. The Hall–Kier alpha value is -3.36. The van der Waals surface area contributed by atoms with E-state index in [-0.39, 0.29) is 5.91 Å². The lowest BCUT2D eigenvalue weighted by Gasteiger charge is -2.08. The number of carbonyl (C=O) groups excluding carboxylic acids is 1. The summed E-state index contributed by atoms with van der Waals surface area (Å²) in [5, 5.41) is 17.0. The van der Waals surface area contributed by atoms with E-state index in [0.29, 0.717) is 29.1 Å². The summed E-state index contributed by atoms with van der Waals surface area (Å²) in [6.45, 7) is 10.1. The van der Waals surface area contributed by atoms with Crippen LogP contribution in [0.25, 0.3) is 5.69 Å². The summed E-state index contributed by atoms with van der Waals surface area (Å²) in [6.07, 6.45) is 0.704. The standard InChI is InChI=1S/C24H23ClN4O/c1-15(2)14-27-24(30)19-7-5-18(6-8-19)11-22-16(3)28-29(17(22)4)21-10-9-20(13-26)23(25)12-21/h5-10,12H,1,11,14H2,2-4H3,(H,27,30). The first kappa shape index (κ1) is 21.4. The van der Waals surface area contributed by atoms with Crippen molar-refractivity contribution in [3.8, 4) is 11.8 Å². The number of benzene rings is 2. The van der Waals surface area contributed by atoms with Crippen molar-refractivity contribution in [1.82, 2.24) is 15.1 Å². The zero-order chi connectivity index (χ0) is 21.8. The first-order valence-corrected chi connectivity index (χ1v) is 9.94. The maximum absolute atomic E-state index is 12.2. The van der Waals surface area contributed by atoms with E-state index in [1.165, 1.54) is 0 Å². The van der Waals surface area contributed by atoms with Gasteiger partial charge in [-0.2, -0.15) is 10.4 Å². The molecule has 0 atom stereocenters. The third-order valence-electron chi connectivity index (χ3n) is 4.91. The quantitative estimate of drug-likeness (QED) is 0.578. The Morgan fingerprint density at radius 2 is 1.93 bits per heavy atom. The lowest BCUT2D eigenvalue weighted by Crippen LogP contribution is -2.24. The molecule has 0 radical (unpaired) electrons. The Morgan fingerprint density at radius 1 is 1.23 bits per heavy atom. The Bertz CT molecular complexity index is 1150. The second-order valence-electron chi connectivity index (χ2n) is 7.35. The summed E-state index contributed by atoms with van der Waals surface area (Å²) < 4.78 is 1.84. The molecule has 3 aromatic rings. The van der Waals surface area contributed by atoms with Gasteiger partial charge in [0.25, 0.3) is 5.91 Å². The Kier molecular flexibility index (Phi) is 6.39. The van der Waals surface area contributed by atoms with Gasteiger partial charge >= 0.3 is 0 Å². The predicted octanol–water partition coefficient (Wildman–Crippen LogP) is 4.91. The highest BCUT2D eigenvalue weighted by Crippen LogP contribution is 2.24. The van der Waals surface area contributed by atoms with E-state index in [4.69, 9.17) is 16.9 Å². The number of aryl methyl sites for hydroxylation is 1. The second kappa shape index (κ2) is 8.98. The van der Waals surface area contributed by atoms with Crippen molar-refractivity contribution in [1.29, 1.82) is 5.26 Å². The van der Waals surface area contributed by atoms with Crippen molar-refractivity contribution in [2.45, 2.75) is 27.2 Å². The molecule has 0 unspecified atom stereocenters. The number of aromatic nitrogens is 2. The monoisotopic (exact) mass is 418 g/mol. The average Bonchev–Trinajstić information content (AvgIpc) is 3.00. The molecule has 0 saturated carbocycles. The molecule has 1 N–H and O–H groups in total. The third kappa shape index (κ3) is 4.61. The molecule has 0 spiro atoms. The first-order chi connectivity index (χ1) is 14.3. The number of nitrogens with one attached hydrogen (secondary N) is 1. The maximum atomic E-state index is 12.2. The lowest BCUT2D eigenvalue weighted by molar-refractivity contribution is 0.0957. The fourth-order valence-corrected chi connectivity index (χ4v) is 3.44. The molecule has 0 saturated heterocycles. The van der Waals surface area contributed by atoms with E-state index >= 15 is 0 Å². The van der Waals surface area contributed by atoms with Crippen LogP contribution in [0.15, 0.2) is 54.6 Å². The highest BCUT2D eigenvalue weighted by molar-refractivity contribution is 6.31. The molecule has 0 aliphatic rings. The maximum Gasteiger partial charge on any atom is 0.251 e. The van der Waals surface area contributed by atoms with Crippen molar-refractivity contribution < 1.29 is 4.79 Å². The minimum Gasteiger partial charge on any atom is -0.348 e. The fourth-order valence-electron chi connectivity index (χ4n) is 3.22. The number of nitriles is 1. The van der Waals surface area contributed by atoms with Crippen molar-refractivity contribution >= 4 is 17.5 Å². The van der Waals surface area contributed by atoms with E-state index in [1.807, 2.05) is 55.8 Å². The number of halogens is 1. The van der Waals surface area contributed by atoms with Gasteiger partial charge in [-0.3, -0.25) is 4.79 Å². The molecule has 152 valence electrons. The number of nitrogens with zero attached hydrogens (tertiary/aromatic N) is 3. The number of carbonyl (C=O) groups is 1. The second-order valence-corrected chi connectivity index (χ2v) is 7.76. The van der Waals surface area contributed by atoms with Gasteiger partial charge in [0.2, 0.25) is 0 Å². The van der Waals surface area contributed by atoms with Gasteiger partial charge in [0.05, 0.1) is 22.0 Å². The SMILES string of the molecule is C=C(C)CNC(=O)c1ccc(Cc2c(C)nn(-c3ccc(C#N)c(Cl)c3)c2C)cc1. The number of hydrogen-bond acceptors (Lipinski definition) is 3. The largest absolute Gasteiger partial charge is 0.348 e. The van der Waals surface area contributed by atoms with Crippen molar-refractivity contribution in [2.75, 3.05) is 6.54 Å². The molecule has 0 fully saturated rings. The van der Waals surface area contributed by atoms with Gasteiger partial charge in [0.15, 0.2) is 0 Å². The third-order valence-corrected chi connectivity index (χ3v) is 5.22. The van der Waals surface area contributed by atoms with Gasteiger partial charge in [0, 0.05) is 29.8 Å². The zero-order valence-electron chi connectivity index (χ0n) is 17.3. The van der Waals surface area contributed by atoms with Crippen LogP contribution in [0, 0.1) is 25.2 Å². The highest BCUT2D eigenvalue weighted by atomic mass is 35.5. The lowest BCUT2D eigenvalue weighted by atomic mass is 10.0. The van der Waals surface area contributed by atoms with Crippen LogP contribution in [0.4, 0.5) is 0 Å². The Balaban J connectivity index is 1.81. The zero-order valence-corrected chi connectivity index (χ0v) is 18.0. The van der Waals surface area contributed by atoms with Crippen LogP contribution in [0.3, 0.4) is 0 Å². The van der Waals surface area contributed by atoms with E-state index in [9.17, 15) is 4.79 Å². The van der Waals surface area contributed by atoms with Crippen molar-refractivity contribution in [3.05, 3.63) is 93.3 Å². The van der Waals surface area contributed by atoms with Crippen LogP contribution < -0.4 is 5.32 Å². The molecule has 2 aromatic carbocycles. The average molecular weight is 419 g/mol. The van der Waals surface area contributed by atoms with Crippen molar-refractivity contribution in [2.24, 2.45) is 0 Å². The van der Waals surface area contributed by atoms with E-state index in [1.54, 1.807) is 12.1 Å². The number of amides is 1.